The number of rotatable bonds is 4. The number of fused-ring (bicyclic) bond motifs is 1. The molecule has 2 aromatic rings. The Morgan fingerprint density at radius 2 is 2.00 bits per heavy atom. The van der Waals surface area contributed by atoms with Gasteiger partial charge in [-0.2, -0.15) is 5.10 Å². The second-order valence-electron chi connectivity index (χ2n) is 5.78. The van der Waals surface area contributed by atoms with Crippen molar-refractivity contribution < 1.29 is 13.2 Å². The van der Waals surface area contributed by atoms with E-state index in [9.17, 15) is 13.2 Å². The van der Waals surface area contributed by atoms with Gasteiger partial charge in [-0.1, -0.05) is 12.1 Å². The van der Waals surface area contributed by atoms with Crippen molar-refractivity contribution in [2.75, 3.05) is 16.8 Å². The minimum Gasteiger partial charge on any atom is -0.330 e. The highest BCUT2D eigenvalue weighted by molar-refractivity contribution is 14.1. The summed E-state index contributed by atoms with van der Waals surface area (Å²) >= 11 is 7.35. The molecule has 146 valence electrons. The molecule has 0 bridgehead atoms. The van der Waals surface area contributed by atoms with Gasteiger partial charge in [0, 0.05) is 15.7 Å². The Bertz CT molecular complexity index is 1100. The molecule has 0 fully saturated rings. The molecule has 0 atom stereocenters. The van der Waals surface area contributed by atoms with Crippen LogP contribution in [0.25, 0.3) is 0 Å². The number of hydrazone groups is 1. The molecule has 0 aliphatic carbocycles. The van der Waals surface area contributed by atoms with Crippen LogP contribution in [0, 0.1) is 3.57 Å². The molecule has 0 spiro atoms. The Kier molecular flexibility index (Phi) is 5.98. The number of amides is 1. The molecule has 28 heavy (non-hydrogen) atoms. The normalized spacial score (nSPS) is 14.9. The van der Waals surface area contributed by atoms with Crippen molar-refractivity contribution in [3.05, 3.63) is 51.6 Å². The molecule has 0 radical (unpaired) electrons. The Labute approximate surface area is 181 Å². The summed E-state index contributed by atoms with van der Waals surface area (Å²) < 4.78 is 24.3. The first-order chi connectivity index (χ1) is 13.2. The third kappa shape index (κ3) is 4.16. The zero-order valence-electron chi connectivity index (χ0n) is 14.6. The second kappa shape index (κ2) is 8.11. The largest absolute Gasteiger partial charge is 0.330 e. The molecule has 4 N–H and O–H groups in total. The summed E-state index contributed by atoms with van der Waals surface area (Å²) in [5.74, 6) is -0.236. The summed E-state index contributed by atoms with van der Waals surface area (Å²) in [4.78, 5) is 14.2. The predicted octanol–water partition coefficient (Wildman–Crippen LogP) is 2.00. The van der Waals surface area contributed by atoms with Crippen molar-refractivity contribution >= 4 is 72.9 Å². The zero-order valence-corrected chi connectivity index (χ0v) is 18.4. The van der Waals surface area contributed by atoms with E-state index in [2.05, 4.69) is 38.4 Å². The molecular formula is C17H16IN5O3S2. The number of nitrogens with one attached hydrogen (secondary N) is 2. The molecule has 1 aliphatic rings. The number of anilines is 2. The lowest BCUT2D eigenvalue weighted by Crippen LogP contribution is -2.32. The highest BCUT2D eigenvalue weighted by Gasteiger charge is 2.33. The van der Waals surface area contributed by atoms with Gasteiger partial charge in [0.1, 0.15) is 4.90 Å². The summed E-state index contributed by atoms with van der Waals surface area (Å²) in [7, 11) is -3.92. The van der Waals surface area contributed by atoms with Gasteiger partial charge in [-0.15, -0.1) is 0 Å². The number of para-hydroxylation sites is 1. The van der Waals surface area contributed by atoms with Crippen molar-refractivity contribution in [2.45, 2.75) is 11.8 Å². The second-order valence-corrected chi connectivity index (χ2v) is 8.96. The van der Waals surface area contributed by atoms with Gasteiger partial charge in [0.15, 0.2) is 10.8 Å². The first kappa shape index (κ1) is 20.6. The first-order valence-electron chi connectivity index (χ1n) is 8.10. The van der Waals surface area contributed by atoms with Crippen LogP contribution in [0.5, 0.6) is 0 Å². The number of nitrogens with two attached hydrogens (primary N) is 1. The van der Waals surface area contributed by atoms with Gasteiger partial charge < -0.3 is 10.2 Å². The SMILES string of the molecule is CCN1C(=O)C(=NNC(=S)Nc2ccccc2S(N)(=O)=O)c2cc(I)ccc21. The minimum absolute atomic E-state index is 0.0264. The van der Waals surface area contributed by atoms with Crippen LogP contribution in [0.2, 0.25) is 0 Å². The number of nitrogens with zero attached hydrogens (tertiary/aromatic N) is 2. The van der Waals surface area contributed by atoms with Crippen LogP contribution in [-0.4, -0.2) is 31.7 Å². The summed E-state index contributed by atoms with van der Waals surface area (Å²) in [5.41, 5.74) is 4.55. The molecule has 11 heteroatoms. The minimum atomic E-state index is -3.92. The fourth-order valence-corrected chi connectivity index (χ4v) is 4.12. The van der Waals surface area contributed by atoms with E-state index in [1.165, 1.54) is 12.1 Å². The zero-order chi connectivity index (χ0) is 20.5. The van der Waals surface area contributed by atoms with Gasteiger partial charge in [-0.3, -0.25) is 10.2 Å². The molecule has 1 heterocycles. The number of sulfonamides is 1. The average Bonchev–Trinajstić information content (AvgIpc) is 2.89. The number of hydrogen-bond donors (Lipinski definition) is 3. The number of carbonyl (C=O) groups is 1. The molecule has 8 nitrogen and oxygen atoms in total. The van der Waals surface area contributed by atoms with Crippen LogP contribution in [0.3, 0.4) is 0 Å². The van der Waals surface area contributed by atoms with Gasteiger partial charge in [-0.05, 0) is 72.1 Å². The Morgan fingerprint density at radius 1 is 1.29 bits per heavy atom. The van der Waals surface area contributed by atoms with Crippen LogP contribution >= 0.6 is 34.8 Å². The molecule has 0 saturated heterocycles. The summed E-state index contributed by atoms with van der Waals surface area (Å²) in [6, 6.07) is 11.8. The highest BCUT2D eigenvalue weighted by Crippen LogP contribution is 2.30. The van der Waals surface area contributed by atoms with Gasteiger partial charge >= 0.3 is 0 Å². The Balaban J connectivity index is 1.84. The smallest absolute Gasteiger partial charge is 0.279 e. The third-order valence-electron chi connectivity index (χ3n) is 3.98. The van der Waals surface area contributed by atoms with E-state index in [-0.39, 0.29) is 27.3 Å². The van der Waals surface area contributed by atoms with Gasteiger partial charge in [0.25, 0.3) is 5.91 Å². The Hall–Kier alpha value is -2.09. The van der Waals surface area contributed by atoms with E-state index in [0.29, 0.717) is 12.1 Å². The van der Waals surface area contributed by atoms with E-state index in [1.54, 1.807) is 17.0 Å². The fraction of sp³-hybridized carbons (Fsp3) is 0.118. The van der Waals surface area contributed by atoms with Crippen LogP contribution in [0.4, 0.5) is 11.4 Å². The monoisotopic (exact) mass is 529 g/mol. The summed E-state index contributed by atoms with van der Waals surface area (Å²) in [5, 5.41) is 12.1. The number of halogens is 1. The van der Waals surface area contributed by atoms with E-state index in [1.807, 2.05) is 25.1 Å². The third-order valence-corrected chi connectivity index (χ3v) is 5.81. The molecule has 0 unspecified atom stereocenters. The van der Waals surface area contributed by atoms with E-state index >= 15 is 0 Å². The van der Waals surface area contributed by atoms with E-state index < -0.39 is 10.0 Å². The molecule has 3 rings (SSSR count). The summed E-state index contributed by atoms with van der Waals surface area (Å²) in [6.07, 6.45) is 0. The van der Waals surface area contributed by atoms with Gasteiger partial charge in [-0.25, -0.2) is 13.6 Å². The van der Waals surface area contributed by atoms with Crippen LogP contribution in [0.1, 0.15) is 12.5 Å². The lowest BCUT2D eigenvalue weighted by atomic mass is 10.1. The number of likely N-dealkylation sites (N-methyl/N-ethyl adjacent to an activating group) is 1. The lowest BCUT2D eigenvalue weighted by Gasteiger charge is -2.13. The highest BCUT2D eigenvalue weighted by atomic mass is 127. The van der Waals surface area contributed by atoms with Gasteiger partial charge in [0.05, 0.1) is 11.4 Å². The fourth-order valence-electron chi connectivity index (χ4n) is 2.78. The maximum Gasteiger partial charge on any atom is 0.279 e. The number of thiocarbonyl (C=S) groups is 1. The van der Waals surface area contributed by atoms with Crippen LogP contribution in [0.15, 0.2) is 52.5 Å². The van der Waals surface area contributed by atoms with Crippen molar-refractivity contribution in [1.29, 1.82) is 0 Å². The topological polar surface area (TPSA) is 117 Å². The summed E-state index contributed by atoms with van der Waals surface area (Å²) in [6.45, 7) is 2.39. The Morgan fingerprint density at radius 3 is 2.68 bits per heavy atom. The first-order valence-corrected chi connectivity index (χ1v) is 11.1. The number of hydrogen-bond acceptors (Lipinski definition) is 5. The number of benzene rings is 2. The molecule has 1 aliphatic heterocycles. The lowest BCUT2D eigenvalue weighted by molar-refractivity contribution is -0.112. The predicted molar refractivity (Wildman–Crippen MR) is 121 cm³/mol. The molecular weight excluding hydrogens is 513 g/mol. The molecule has 0 saturated carbocycles. The number of primary sulfonamides is 1. The molecule has 0 aromatic heterocycles. The average molecular weight is 529 g/mol. The number of carbonyl (C=O) groups excluding carboxylic acids is 1. The van der Waals surface area contributed by atoms with Crippen LogP contribution in [-0.2, 0) is 14.8 Å². The molecule has 2 aromatic carbocycles. The van der Waals surface area contributed by atoms with E-state index in [4.69, 9.17) is 17.4 Å². The van der Waals surface area contributed by atoms with Crippen LogP contribution < -0.4 is 20.8 Å². The van der Waals surface area contributed by atoms with Crippen molar-refractivity contribution in [1.82, 2.24) is 5.43 Å². The van der Waals surface area contributed by atoms with E-state index in [0.717, 1.165) is 9.26 Å². The quantitative estimate of drug-likeness (QED) is 0.317. The maximum atomic E-state index is 12.7. The van der Waals surface area contributed by atoms with Crippen molar-refractivity contribution in [3.63, 3.8) is 0 Å². The van der Waals surface area contributed by atoms with Crippen molar-refractivity contribution in [3.8, 4) is 0 Å². The van der Waals surface area contributed by atoms with Crippen molar-refractivity contribution in [2.24, 2.45) is 10.2 Å². The maximum absolute atomic E-state index is 12.7. The van der Waals surface area contributed by atoms with Gasteiger partial charge in [0.2, 0.25) is 10.0 Å². The molecule has 1 amide bonds. The standard InChI is InChI=1S/C17H16IN5O3S2/c1-2-23-13-8-7-10(18)9-11(13)15(16(23)24)21-22-17(27)20-12-5-3-4-6-14(12)28(19,25)26/h3-9H,2H2,1H3,(H2,19,25,26)(H2,20,22,27).